The molecule has 0 unspecified atom stereocenters. The molecule has 58 valence electrons. The van der Waals surface area contributed by atoms with Crippen molar-refractivity contribution >= 4 is 24.8 Å². The van der Waals surface area contributed by atoms with E-state index in [0.29, 0.717) is 6.42 Å². The van der Waals surface area contributed by atoms with Gasteiger partial charge in [-0.15, -0.1) is 0 Å². The molecule has 0 aromatic rings. The molecule has 0 aliphatic rings. The second kappa shape index (κ2) is 5.10. The summed E-state index contributed by atoms with van der Waals surface area (Å²) in [5, 5.41) is 8.13. The molecule has 0 aliphatic carbocycles. The quantitative estimate of drug-likeness (QED) is 0.472. The van der Waals surface area contributed by atoms with E-state index in [4.69, 9.17) is 5.11 Å². The second-order valence-electron chi connectivity index (χ2n) is 1.71. The number of hydrogen-bond acceptors (Lipinski definition) is 4. The number of aliphatic carboxylic acids is 1. The lowest BCUT2D eigenvalue weighted by Crippen LogP contribution is -2.00. The predicted molar refractivity (Wildman–Crippen MR) is 36.6 cm³/mol. The van der Waals surface area contributed by atoms with Crippen LogP contribution in [-0.2, 0) is 13.8 Å². The van der Waals surface area contributed by atoms with E-state index < -0.39 is 11.9 Å². The lowest BCUT2D eigenvalue weighted by Gasteiger charge is -1.93. The molecule has 10 heavy (non-hydrogen) atoms. The molecule has 0 spiro atoms. The summed E-state index contributed by atoms with van der Waals surface area (Å²) < 4.78 is 3.99. The van der Waals surface area contributed by atoms with Gasteiger partial charge in [-0.05, 0) is 6.42 Å². The maximum atomic E-state index is 10.3. The van der Waals surface area contributed by atoms with E-state index in [9.17, 15) is 9.59 Å². The zero-order valence-corrected chi connectivity index (χ0v) is 6.13. The van der Waals surface area contributed by atoms with E-state index in [1.165, 1.54) is 0 Å². The highest BCUT2D eigenvalue weighted by Gasteiger charge is 2.02. The first-order valence-corrected chi connectivity index (χ1v) is 3.09. The summed E-state index contributed by atoms with van der Waals surface area (Å²) in [6.45, 7) is 0. The minimum atomic E-state index is -0.910. The van der Waals surface area contributed by atoms with Gasteiger partial charge < -0.3 is 9.29 Å². The molecule has 1 N–H and O–H groups in total. The second-order valence-corrected chi connectivity index (χ2v) is 1.89. The van der Waals surface area contributed by atoms with E-state index in [0.717, 1.165) is 0 Å². The van der Waals surface area contributed by atoms with Gasteiger partial charge in [0, 0.05) is 25.8 Å². The van der Waals surface area contributed by atoms with E-state index in [1.54, 1.807) is 0 Å². The van der Waals surface area contributed by atoms with Crippen molar-refractivity contribution in [1.29, 1.82) is 0 Å². The molecule has 0 radical (unpaired) electrons. The number of hydrogen-bond donors (Lipinski definition) is 2. The van der Waals surface area contributed by atoms with Crippen LogP contribution in [0.1, 0.15) is 19.3 Å². The van der Waals surface area contributed by atoms with Gasteiger partial charge in [0.25, 0.3) is 0 Å². The van der Waals surface area contributed by atoms with Gasteiger partial charge >= 0.3 is 11.9 Å². The van der Waals surface area contributed by atoms with Crippen LogP contribution < -0.4 is 0 Å². The molecule has 0 bridgehead atoms. The zero-order valence-electron chi connectivity index (χ0n) is 5.24. The fourth-order valence-corrected chi connectivity index (χ4v) is 0.521. The van der Waals surface area contributed by atoms with Gasteiger partial charge in [0.1, 0.15) is 0 Å². The highest BCUT2D eigenvalue weighted by molar-refractivity contribution is 7.75. The zero-order chi connectivity index (χ0) is 7.98. The number of carbonyl (C=O) groups excluding carboxylic acids is 1. The maximum Gasteiger partial charge on any atom is 0.317 e. The van der Waals surface area contributed by atoms with Gasteiger partial charge in [-0.1, -0.05) is 0 Å². The number of carboxylic acids is 1. The molecule has 4 nitrogen and oxygen atoms in total. The van der Waals surface area contributed by atoms with E-state index in [2.05, 4.69) is 17.1 Å². The lowest BCUT2D eigenvalue weighted by atomic mass is 10.2. The average molecular weight is 164 g/mol. The minimum absolute atomic E-state index is 0.0110. The molecule has 0 saturated heterocycles. The van der Waals surface area contributed by atoms with Crippen LogP contribution in [0.2, 0.25) is 0 Å². The first kappa shape index (κ1) is 9.29. The SMILES string of the molecule is O=C(O)CCCC(=O)OS. The summed E-state index contributed by atoms with van der Waals surface area (Å²) in [6.07, 6.45) is 0.396. The Kier molecular flexibility index (Phi) is 4.74. The Morgan fingerprint density at radius 3 is 2.40 bits per heavy atom. The van der Waals surface area contributed by atoms with Crippen molar-refractivity contribution in [3.63, 3.8) is 0 Å². The number of carboxylic acid groups (broad SMARTS) is 1. The van der Waals surface area contributed by atoms with Crippen molar-refractivity contribution < 1.29 is 18.9 Å². The third-order valence-corrected chi connectivity index (χ3v) is 1.08. The molecular weight excluding hydrogens is 156 g/mol. The van der Waals surface area contributed by atoms with Gasteiger partial charge in [0.05, 0.1) is 0 Å². The third-order valence-electron chi connectivity index (χ3n) is 0.873. The number of thiol groups is 1. The van der Waals surface area contributed by atoms with Crippen molar-refractivity contribution in [2.45, 2.75) is 19.3 Å². The molecule has 0 atom stereocenters. The van der Waals surface area contributed by atoms with Gasteiger partial charge in [-0.2, -0.15) is 0 Å². The number of rotatable bonds is 4. The first-order chi connectivity index (χ1) is 4.66. The highest BCUT2D eigenvalue weighted by atomic mass is 32.1. The molecule has 0 saturated carbocycles. The number of carbonyl (C=O) groups is 2. The Balaban J connectivity index is 3.20. The standard InChI is InChI=1S/C5H8O4S/c6-4(7)2-1-3-5(8)9-10/h10H,1-3H2,(H,6,7). The molecule has 0 rings (SSSR count). The lowest BCUT2D eigenvalue weighted by molar-refractivity contribution is -0.137. The molecule has 0 heterocycles. The van der Waals surface area contributed by atoms with Crippen LogP contribution in [0.5, 0.6) is 0 Å². The van der Waals surface area contributed by atoms with E-state index in [-0.39, 0.29) is 12.8 Å². The van der Waals surface area contributed by atoms with Crippen LogP contribution in [0.4, 0.5) is 0 Å². The van der Waals surface area contributed by atoms with E-state index in [1.807, 2.05) is 0 Å². The smallest absolute Gasteiger partial charge is 0.317 e. The Morgan fingerprint density at radius 2 is 2.00 bits per heavy atom. The Labute approximate surface area is 63.8 Å². The summed E-state index contributed by atoms with van der Waals surface area (Å²) in [4.78, 5) is 20.2. The molecule has 5 heteroatoms. The van der Waals surface area contributed by atoms with Crippen molar-refractivity contribution in [3.05, 3.63) is 0 Å². The summed E-state index contributed by atoms with van der Waals surface area (Å²) >= 11 is 3.24. The van der Waals surface area contributed by atoms with Crippen molar-refractivity contribution in [2.24, 2.45) is 0 Å². The van der Waals surface area contributed by atoms with Crippen LogP contribution in [0, 0.1) is 0 Å². The Bertz CT molecular complexity index is 134. The fourth-order valence-electron chi connectivity index (χ4n) is 0.430. The van der Waals surface area contributed by atoms with Crippen LogP contribution in [0.25, 0.3) is 0 Å². The van der Waals surface area contributed by atoms with Crippen LogP contribution in [0.15, 0.2) is 0 Å². The Hall–Kier alpha value is -0.710. The molecule has 0 amide bonds. The first-order valence-electron chi connectivity index (χ1n) is 2.73. The monoisotopic (exact) mass is 164 g/mol. The molecule has 0 aliphatic heterocycles. The van der Waals surface area contributed by atoms with Gasteiger partial charge in [-0.3, -0.25) is 9.59 Å². The maximum absolute atomic E-state index is 10.3. The van der Waals surface area contributed by atoms with Crippen LogP contribution >= 0.6 is 12.9 Å². The van der Waals surface area contributed by atoms with Crippen molar-refractivity contribution in [3.8, 4) is 0 Å². The largest absolute Gasteiger partial charge is 0.481 e. The van der Waals surface area contributed by atoms with Crippen molar-refractivity contribution in [2.75, 3.05) is 0 Å². The summed E-state index contributed by atoms with van der Waals surface area (Å²) in [7, 11) is 0. The summed E-state index contributed by atoms with van der Waals surface area (Å²) in [5.74, 6) is -1.41. The van der Waals surface area contributed by atoms with E-state index >= 15 is 0 Å². The minimum Gasteiger partial charge on any atom is -0.481 e. The topological polar surface area (TPSA) is 63.6 Å². The summed E-state index contributed by atoms with van der Waals surface area (Å²) in [6, 6.07) is 0. The fraction of sp³-hybridized carbons (Fsp3) is 0.600. The molecule has 0 fully saturated rings. The van der Waals surface area contributed by atoms with Crippen molar-refractivity contribution in [1.82, 2.24) is 0 Å². The highest BCUT2D eigenvalue weighted by Crippen LogP contribution is 1.98. The van der Waals surface area contributed by atoms with Crippen LogP contribution in [0.3, 0.4) is 0 Å². The van der Waals surface area contributed by atoms with Crippen LogP contribution in [-0.4, -0.2) is 17.0 Å². The average Bonchev–Trinajstić information content (AvgIpc) is 1.87. The molecular formula is C5H8O4S. The van der Waals surface area contributed by atoms with Gasteiger partial charge in [0.2, 0.25) is 0 Å². The predicted octanol–water partition coefficient (Wildman–Crippen LogP) is 0.629. The summed E-state index contributed by atoms with van der Waals surface area (Å²) in [5.41, 5.74) is 0. The Morgan fingerprint density at radius 1 is 1.40 bits per heavy atom. The van der Waals surface area contributed by atoms with Gasteiger partial charge in [-0.25, -0.2) is 0 Å². The van der Waals surface area contributed by atoms with Gasteiger partial charge in [0.15, 0.2) is 0 Å². The normalized spacial score (nSPS) is 8.90. The molecule has 0 aromatic heterocycles. The third kappa shape index (κ3) is 5.43. The molecule has 0 aromatic carbocycles.